The summed E-state index contributed by atoms with van der Waals surface area (Å²) in [6.07, 6.45) is -0.235. The van der Waals surface area contributed by atoms with Crippen molar-refractivity contribution in [1.82, 2.24) is 15.0 Å². The summed E-state index contributed by atoms with van der Waals surface area (Å²) in [5.41, 5.74) is 5.49. The first-order valence-corrected chi connectivity index (χ1v) is 6.04. The topological polar surface area (TPSA) is 84.8 Å². The monoisotopic (exact) mass is 254 g/mol. The molecule has 0 atom stereocenters. The van der Waals surface area contributed by atoms with Gasteiger partial charge < -0.3 is 19.9 Å². The molecule has 0 aliphatic carbocycles. The van der Waals surface area contributed by atoms with E-state index in [1.165, 1.54) is 0 Å². The van der Waals surface area contributed by atoms with E-state index in [2.05, 4.69) is 10.1 Å². The number of nitrogen functional groups attached to an aromatic ring is 1. The molecular weight excluding hydrogens is 236 g/mol. The number of carbonyl (C=O) groups is 1. The quantitative estimate of drug-likeness (QED) is 0.847. The Balaban J connectivity index is 1.78. The van der Waals surface area contributed by atoms with Crippen LogP contribution in [0.3, 0.4) is 0 Å². The van der Waals surface area contributed by atoms with Crippen LogP contribution in [0.4, 0.5) is 10.6 Å². The number of carbonyl (C=O) groups excluding carboxylic acids is 1. The third-order valence-electron chi connectivity index (χ3n) is 2.85. The molecule has 0 spiro atoms. The van der Waals surface area contributed by atoms with E-state index in [1.54, 1.807) is 11.0 Å². The smallest absolute Gasteiger partial charge is 0.409 e. The Morgan fingerprint density at radius 1 is 1.50 bits per heavy atom. The van der Waals surface area contributed by atoms with E-state index in [9.17, 15) is 4.79 Å². The Hall–Kier alpha value is -1.76. The molecule has 7 nitrogen and oxygen atoms in total. The van der Waals surface area contributed by atoms with Crippen molar-refractivity contribution in [3.8, 4) is 0 Å². The van der Waals surface area contributed by atoms with Gasteiger partial charge in [-0.15, -0.1) is 0 Å². The molecule has 1 aliphatic heterocycles. The Morgan fingerprint density at radius 3 is 2.78 bits per heavy atom. The van der Waals surface area contributed by atoms with Gasteiger partial charge in [0.05, 0.1) is 13.2 Å². The number of hydrogen-bond acceptors (Lipinski definition) is 6. The van der Waals surface area contributed by atoms with Gasteiger partial charge in [0.15, 0.2) is 11.6 Å². The number of anilines is 1. The van der Waals surface area contributed by atoms with Crippen LogP contribution in [0.1, 0.15) is 12.7 Å². The summed E-state index contributed by atoms with van der Waals surface area (Å²) in [4.78, 5) is 15.4. The second-order valence-electron chi connectivity index (χ2n) is 4.18. The zero-order valence-corrected chi connectivity index (χ0v) is 10.5. The van der Waals surface area contributed by atoms with Gasteiger partial charge in [0.1, 0.15) is 0 Å². The molecule has 0 aromatic carbocycles. The molecule has 2 rings (SSSR count). The second-order valence-corrected chi connectivity index (χ2v) is 4.18. The zero-order valence-electron chi connectivity index (χ0n) is 10.5. The molecule has 1 amide bonds. The third-order valence-corrected chi connectivity index (χ3v) is 2.85. The van der Waals surface area contributed by atoms with E-state index in [4.69, 9.17) is 15.0 Å². The van der Waals surface area contributed by atoms with Crippen LogP contribution >= 0.6 is 0 Å². The molecule has 100 valence electrons. The van der Waals surface area contributed by atoms with Gasteiger partial charge in [-0.05, 0) is 6.92 Å². The number of amides is 1. The number of nitrogens with two attached hydrogens (primary N) is 1. The molecule has 0 radical (unpaired) electrons. The number of piperazine rings is 1. The third kappa shape index (κ3) is 3.13. The molecule has 2 heterocycles. The summed E-state index contributed by atoms with van der Waals surface area (Å²) in [7, 11) is 0. The molecule has 1 aromatic rings. The number of hydrogen-bond donors (Lipinski definition) is 1. The maximum absolute atomic E-state index is 11.5. The average Bonchev–Trinajstić information content (AvgIpc) is 2.76. The fourth-order valence-electron chi connectivity index (χ4n) is 1.93. The zero-order chi connectivity index (χ0) is 13.0. The van der Waals surface area contributed by atoms with Crippen LogP contribution in [0.15, 0.2) is 10.6 Å². The van der Waals surface area contributed by atoms with Gasteiger partial charge in [0.2, 0.25) is 0 Å². The highest BCUT2D eigenvalue weighted by Gasteiger charge is 2.22. The first kappa shape index (κ1) is 12.7. The number of aromatic nitrogens is 1. The Kier molecular flexibility index (Phi) is 4.03. The van der Waals surface area contributed by atoms with Crippen molar-refractivity contribution in [2.75, 3.05) is 38.5 Å². The van der Waals surface area contributed by atoms with Crippen molar-refractivity contribution in [3.05, 3.63) is 11.8 Å². The molecule has 0 bridgehead atoms. The summed E-state index contributed by atoms with van der Waals surface area (Å²) >= 11 is 0. The first-order valence-electron chi connectivity index (χ1n) is 6.04. The normalized spacial score (nSPS) is 16.8. The lowest BCUT2D eigenvalue weighted by Gasteiger charge is -2.33. The van der Waals surface area contributed by atoms with E-state index >= 15 is 0 Å². The minimum Gasteiger partial charge on any atom is -0.450 e. The molecule has 1 aromatic heterocycles. The Morgan fingerprint density at radius 2 is 2.22 bits per heavy atom. The van der Waals surface area contributed by atoms with Crippen LogP contribution in [0.25, 0.3) is 0 Å². The van der Waals surface area contributed by atoms with Gasteiger partial charge in [-0.2, -0.15) is 0 Å². The van der Waals surface area contributed by atoms with Crippen LogP contribution in [-0.4, -0.2) is 53.8 Å². The maximum atomic E-state index is 11.5. The van der Waals surface area contributed by atoms with Crippen molar-refractivity contribution in [2.45, 2.75) is 13.5 Å². The molecule has 0 saturated carbocycles. The maximum Gasteiger partial charge on any atom is 0.409 e. The number of nitrogens with zero attached hydrogens (tertiary/aromatic N) is 3. The van der Waals surface area contributed by atoms with Crippen LogP contribution in [0.5, 0.6) is 0 Å². The first-order chi connectivity index (χ1) is 8.69. The number of rotatable bonds is 3. The number of ether oxygens (including phenoxy) is 1. The molecular formula is C11H18N4O3. The molecule has 7 heteroatoms. The van der Waals surface area contributed by atoms with E-state index < -0.39 is 0 Å². The summed E-state index contributed by atoms with van der Waals surface area (Å²) in [6, 6.07) is 1.72. The predicted molar refractivity (Wildman–Crippen MR) is 64.8 cm³/mol. The van der Waals surface area contributed by atoms with Crippen molar-refractivity contribution >= 4 is 11.9 Å². The highest BCUT2D eigenvalue weighted by Crippen LogP contribution is 2.11. The molecule has 1 aliphatic rings. The standard InChI is InChI=1S/C11H18N4O3/c1-2-17-11(16)15-5-3-14(4-6-15)8-9-7-10(12)13-18-9/h7H,2-6,8H2,1H3,(H2,12,13). The van der Waals surface area contributed by atoms with Crippen LogP contribution in [0, 0.1) is 0 Å². The van der Waals surface area contributed by atoms with Crippen molar-refractivity contribution in [1.29, 1.82) is 0 Å². The van der Waals surface area contributed by atoms with E-state index in [0.29, 0.717) is 32.1 Å². The summed E-state index contributed by atoms with van der Waals surface area (Å²) in [5.74, 6) is 1.15. The second kappa shape index (κ2) is 5.72. The molecule has 0 unspecified atom stereocenters. The minimum atomic E-state index is -0.235. The fourth-order valence-corrected chi connectivity index (χ4v) is 1.93. The van der Waals surface area contributed by atoms with Crippen molar-refractivity contribution < 1.29 is 14.1 Å². The van der Waals surface area contributed by atoms with Crippen LogP contribution in [0.2, 0.25) is 0 Å². The van der Waals surface area contributed by atoms with Gasteiger partial charge in [-0.1, -0.05) is 5.16 Å². The lowest BCUT2D eigenvalue weighted by molar-refractivity contribution is 0.0754. The molecule has 1 fully saturated rings. The van der Waals surface area contributed by atoms with E-state index in [1.807, 2.05) is 6.92 Å². The highest BCUT2D eigenvalue weighted by molar-refractivity contribution is 5.67. The minimum absolute atomic E-state index is 0.235. The fraction of sp³-hybridized carbons (Fsp3) is 0.636. The SMILES string of the molecule is CCOC(=O)N1CCN(Cc2cc(N)no2)CC1. The van der Waals surface area contributed by atoms with Gasteiger partial charge >= 0.3 is 6.09 Å². The Labute approximate surface area is 105 Å². The van der Waals surface area contributed by atoms with Crippen LogP contribution in [-0.2, 0) is 11.3 Å². The largest absolute Gasteiger partial charge is 0.450 e. The lowest BCUT2D eigenvalue weighted by Crippen LogP contribution is -2.48. The van der Waals surface area contributed by atoms with Gasteiger partial charge in [0.25, 0.3) is 0 Å². The van der Waals surface area contributed by atoms with Gasteiger partial charge in [-0.3, -0.25) is 4.90 Å². The van der Waals surface area contributed by atoms with Crippen molar-refractivity contribution in [2.24, 2.45) is 0 Å². The molecule has 2 N–H and O–H groups in total. The Bertz CT molecular complexity index is 399. The summed E-state index contributed by atoms with van der Waals surface area (Å²) < 4.78 is 10.0. The predicted octanol–water partition coefficient (Wildman–Crippen LogP) is 0.531. The van der Waals surface area contributed by atoms with Gasteiger partial charge in [-0.25, -0.2) is 4.79 Å². The molecule has 1 saturated heterocycles. The lowest BCUT2D eigenvalue weighted by atomic mass is 10.3. The molecule has 18 heavy (non-hydrogen) atoms. The van der Waals surface area contributed by atoms with E-state index in [0.717, 1.165) is 18.8 Å². The van der Waals surface area contributed by atoms with Crippen LogP contribution < -0.4 is 5.73 Å². The van der Waals surface area contributed by atoms with Crippen molar-refractivity contribution in [3.63, 3.8) is 0 Å². The van der Waals surface area contributed by atoms with E-state index in [-0.39, 0.29) is 6.09 Å². The summed E-state index contributed by atoms with van der Waals surface area (Å²) in [5, 5.41) is 3.64. The highest BCUT2D eigenvalue weighted by atomic mass is 16.6. The summed E-state index contributed by atoms with van der Waals surface area (Å²) in [6.45, 7) is 5.81. The average molecular weight is 254 g/mol. The van der Waals surface area contributed by atoms with Gasteiger partial charge in [0, 0.05) is 32.2 Å².